The van der Waals surface area contributed by atoms with Gasteiger partial charge in [0.15, 0.2) is 11.5 Å². The Balaban J connectivity index is 1.90. The molecular formula is C19H15N3O4S. The van der Waals surface area contributed by atoms with Gasteiger partial charge in [-0.3, -0.25) is 14.5 Å². The fraction of sp³-hybridized carbons (Fsp3) is 0.158. The Labute approximate surface area is 158 Å². The third-order valence-corrected chi connectivity index (χ3v) is 5.14. The Hall–Kier alpha value is -3.26. The molecule has 1 aromatic carbocycles. The lowest BCUT2D eigenvalue weighted by molar-refractivity contribution is -0.117. The van der Waals surface area contributed by atoms with E-state index in [1.54, 1.807) is 13.0 Å². The SMILES string of the molecule is Cc1ccc(C(=O)C2=C(O)C(=O)N(c3nncs3)C2c2ccccc2C)o1. The molecule has 136 valence electrons. The van der Waals surface area contributed by atoms with E-state index in [2.05, 4.69) is 10.2 Å². The number of Topliss-reactive ketones (excluding diaryl/α,β-unsaturated/α-hetero) is 1. The van der Waals surface area contributed by atoms with Crippen LogP contribution in [0.4, 0.5) is 5.13 Å². The third kappa shape index (κ3) is 2.74. The predicted octanol–water partition coefficient (Wildman–Crippen LogP) is 3.53. The molecule has 2 aromatic heterocycles. The fourth-order valence-corrected chi connectivity index (χ4v) is 3.77. The van der Waals surface area contributed by atoms with Crippen molar-refractivity contribution in [1.82, 2.24) is 10.2 Å². The van der Waals surface area contributed by atoms with Crippen LogP contribution in [-0.4, -0.2) is 27.0 Å². The molecule has 0 saturated carbocycles. The number of rotatable bonds is 4. The second-order valence-corrected chi connectivity index (χ2v) is 6.97. The summed E-state index contributed by atoms with van der Waals surface area (Å²) < 4.78 is 5.43. The molecule has 0 radical (unpaired) electrons. The zero-order chi connectivity index (χ0) is 19.1. The minimum atomic E-state index is -0.815. The molecule has 1 aliphatic rings. The van der Waals surface area contributed by atoms with Crippen LogP contribution in [0.3, 0.4) is 0 Å². The van der Waals surface area contributed by atoms with Crippen molar-refractivity contribution in [2.75, 3.05) is 4.90 Å². The summed E-state index contributed by atoms with van der Waals surface area (Å²) >= 11 is 1.15. The van der Waals surface area contributed by atoms with Gasteiger partial charge in [-0.2, -0.15) is 0 Å². The lowest BCUT2D eigenvalue weighted by Gasteiger charge is -2.25. The normalized spacial score (nSPS) is 17.0. The van der Waals surface area contributed by atoms with Crippen LogP contribution in [0.2, 0.25) is 0 Å². The summed E-state index contributed by atoms with van der Waals surface area (Å²) in [5.74, 6) is -1.19. The van der Waals surface area contributed by atoms with Gasteiger partial charge in [-0.15, -0.1) is 10.2 Å². The summed E-state index contributed by atoms with van der Waals surface area (Å²) in [5, 5.41) is 18.6. The van der Waals surface area contributed by atoms with Crippen LogP contribution in [0.1, 0.15) is 33.5 Å². The average molecular weight is 381 g/mol. The first-order chi connectivity index (χ1) is 13.0. The van der Waals surface area contributed by atoms with Gasteiger partial charge in [-0.05, 0) is 37.1 Å². The zero-order valence-corrected chi connectivity index (χ0v) is 15.4. The Morgan fingerprint density at radius 2 is 2.00 bits per heavy atom. The summed E-state index contributed by atoms with van der Waals surface area (Å²) in [6.45, 7) is 3.60. The molecule has 27 heavy (non-hydrogen) atoms. The number of benzene rings is 1. The van der Waals surface area contributed by atoms with Crippen molar-refractivity contribution in [2.45, 2.75) is 19.9 Å². The van der Waals surface area contributed by atoms with Crippen molar-refractivity contribution in [3.05, 3.63) is 75.9 Å². The predicted molar refractivity (Wildman–Crippen MR) is 98.7 cm³/mol. The van der Waals surface area contributed by atoms with Crippen molar-refractivity contribution in [3.63, 3.8) is 0 Å². The molecule has 7 nitrogen and oxygen atoms in total. The summed E-state index contributed by atoms with van der Waals surface area (Å²) in [4.78, 5) is 27.2. The summed E-state index contributed by atoms with van der Waals surface area (Å²) in [6, 6.07) is 9.76. The van der Waals surface area contributed by atoms with Gasteiger partial charge in [0, 0.05) is 0 Å². The maximum absolute atomic E-state index is 13.1. The van der Waals surface area contributed by atoms with Crippen LogP contribution < -0.4 is 4.90 Å². The van der Waals surface area contributed by atoms with E-state index in [0.29, 0.717) is 10.9 Å². The number of aromatic nitrogens is 2. The van der Waals surface area contributed by atoms with Crippen LogP contribution in [0, 0.1) is 13.8 Å². The number of aliphatic hydroxyl groups is 1. The standard InChI is InChI=1S/C19H15N3O4S/c1-10-5-3-4-6-12(10)15-14(16(23)13-8-7-11(2)26-13)17(24)18(25)22(15)19-21-20-9-27-19/h3-9,15,24H,1-2H3. The van der Waals surface area contributed by atoms with E-state index in [0.717, 1.165) is 22.5 Å². The monoisotopic (exact) mass is 381 g/mol. The number of carbonyl (C=O) groups excluding carboxylic acids is 2. The van der Waals surface area contributed by atoms with Gasteiger partial charge < -0.3 is 9.52 Å². The van der Waals surface area contributed by atoms with E-state index in [9.17, 15) is 14.7 Å². The maximum Gasteiger partial charge on any atom is 0.296 e. The van der Waals surface area contributed by atoms with E-state index in [1.165, 1.54) is 16.5 Å². The van der Waals surface area contributed by atoms with Crippen LogP contribution in [-0.2, 0) is 4.79 Å². The number of aryl methyl sites for hydroxylation is 2. The molecule has 0 spiro atoms. The Bertz CT molecular complexity index is 1070. The molecule has 1 N–H and O–H groups in total. The Kier molecular flexibility index (Phi) is 4.12. The molecule has 0 bridgehead atoms. The molecule has 3 heterocycles. The molecule has 1 unspecified atom stereocenters. The van der Waals surface area contributed by atoms with Crippen molar-refractivity contribution in [1.29, 1.82) is 0 Å². The smallest absolute Gasteiger partial charge is 0.296 e. The van der Waals surface area contributed by atoms with Crippen molar-refractivity contribution >= 4 is 28.2 Å². The molecule has 3 aromatic rings. The molecule has 1 aliphatic heterocycles. The number of hydrogen-bond acceptors (Lipinski definition) is 7. The van der Waals surface area contributed by atoms with Gasteiger partial charge in [-0.1, -0.05) is 35.6 Å². The molecule has 1 amide bonds. The lowest BCUT2D eigenvalue weighted by atomic mass is 9.92. The van der Waals surface area contributed by atoms with Gasteiger partial charge in [0.05, 0.1) is 11.6 Å². The summed E-state index contributed by atoms with van der Waals surface area (Å²) in [7, 11) is 0. The first-order valence-electron chi connectivity index (χ1n) is 8.18. The van der Waals surface area contributed by atoms with Gasteiger partial charge in [0.25, 0.3) is 5.91 Å². The fourth-order valence-electron chi connectivity index (χ4n) is 3.18. The number of ketones is 1. The number of carbonyl (C=O) groups is 2. The molecule has 0 saturated heterocycles. The van der Waals surface area contributed by atoms with E-state index in [1.807, 2.05) is 31.2 Å². The average Bonchev–Trinajstić information content (AvgIpc) is 3.37. The van der Waals surface area contributed by atoms with Gasteiger partial charge in [0.1, 0.15) is 11.3 Å². The van der Waals surface area contributed by atoms with Crippen LogP contribution >= 0.6 is 11.3 Å². The Morgan fingerprint density at radius 1 is 1.22 bits per heavy atom. The number of amides is 1. The number of hydrogen-bond donors (Lipinski definition) is 1. The van der Waals surface area contributed by atoms with Crippen LogP contribution in [0.25, 0.3) is 0 Å². The topological polar surface area (TPSA) is 96.5 Å². The van der Waals surface area contributed by atoms with Crippen LogP contribution in [0.5, 0.6) is 0 Å². The van der Waals surface area contributed by atoms with Gasteiger partial charge >= 0.3 is 0 Å². The molecule has 0 fully saturated rings. The molecular weight excluding hydrogens is 366 g/mol. The quantitative estimate of drug-likeness (QED) is 0.695. The van der Waals surface area contributed by atoms with Crippen molar-refractivity contribution in [2.24, 2.45) is 0 Å². The molecule has 0 aliphatic carbocycles. The lowest BCUT2D eigenvalue weighted by Crippen LogP contribution is -2.31. The van der Waals surface area contributed by atoms with E-state index < -0.39 is 23.5 Å². The number of aliphatic hydroxyl groups excluding tert-OH is 1. The maximum atomic E-state index is 13.1. The molecule has 8 heteroatoms. The highest BCUT2D eigenvalue weighted by atomic mass is 32.1. The summed E-state index contributed by atoms with van der Waals surface area (Å²) in [6.07, 6.45) is 0. The first-order valence-corrected chi connectivity index (χ1v) is 9.06. The van der Waals surface area contributed by atoms with E-state index in [4.69, 9.17) is 4.42 Å². The van der Waals surface area contributed by atoms with Crippen molar-refractivity contribution < 1.29 is 19.1 Å². The van der Waals surface area contributed by atoms with Crippen LogP contribution in [0.15, 0.2) is 57.7 Å². The summed E-state index contributed by atoms with van der Waals surface area (Å²) in [5.41, 5.74) is 3.06. The molecule has 1 atom stereocenters. The highest BCUT2D eigenvalue weighted by Crippen LogP contribution is 2.43. The third-order valence-electron chi connectivity index (χ3n) is 4.45. The number of furan rings is 1. The highest BCUT2D eigenvalue weighted by molar-refractivity contribution is 7.13. The number of nitrogens with zero attached hydrogens (tertiary/aromatic N) is 3. The highest BCUT2D eigenvalue weighted by Gasteiger charge is 2.46. The van der Waals surface area contributed by atoms with E-state index >= 15 is 0 Å². The second kappa shape index (κ2) is 6.48. The molecule has 4 rings (SSSR count). The zero-order valence-electron chi connectivity index (χ0n) is 14.5. The largest absolute Gasteiger partial charge is 0.503 e. The second-order valence-electron chi connectivity index (χ2n) is 6.16. The van der Waals surface area contributed by atoms with Gasteiger partial charge in [0.2, 0.25) is 10.9 Å². The minimum Gasteiger partial charge on any atom is -0.503 e. The minimum absolute atomic E-state index is 0.0288. The first kappa shape index (κ1) is 17.2. The van der Waals surface area contributed by atoms with Gasteiger partial charge in [-0.25, -0.2) is 0 Å². The van der Waals surface area contributed by atoms with Crippen molar-refractivity contribution in [3.8, 4) is 0 Å². The van der Waals surface area contributed by atoms with E-state index in [-0.39, 0.29) is 11.3 Å². The number of anilines is 1. The Morgan fingerprint density at radius 3 is 2.63 bits per heavy atom.